The molecular weight excluding hydrogens is 216 g/mol. The highest BCUT2D eigenvalue weighted by atomic mass is 16.7. The summed E-state index contributed by atoms with van der Waals surface area (Å²) >= 11 is 0. The van der Waals surface area contributed by atoms with Gasteiger partial charge >= 0.3 is 0 Å². The molecule has 0 amide bonds. The van der Waals surface area contributed by atoms with E-state index in [4.69, 9.17) is 27.8 Å². The maximum atomic E-state index is 9.94. The second kappa shape index (κ2) is 6.48. The van der Waals surface area contributed by atoms with E-state index in [1.54, 1.807) is 0 Å². The molecule has 1 aliphatic heterocycles. The van der Waals surface area contributed by atoms with Crippen LogP contribution in [-0.2, 0) is 23.7 Å². The Labute approximate surface area is 99.6 Å². The number of aliphatic hydroxyl groups excluding tert-OH is 1. The molecule has 0 aromatic carbocycles. The molecule has 0 spiro atoms. The Balaban J connectivity index is 2.72. The first kappa shape index (κ1) is 9.76. The van der Waals surface area contributed by atoms with Crippen LogP contribution in [0.15, 0.2) is 0 Å². The third kappa shape index (κ3) is 2.71. The second-order valence-electron chi connectivity index (χ2n) is 3.41. The van der Waals surface area contributed by atoms with Crippen LogP contribution < -0.4 is 0 Å². The maximum absolute atomic E-state index is 9.94. The Hall–Kier alpha value is -0.240. The van der Waals surface area contributed by atoms with Crippen LogP contribution in [0.25, 0.3) is 0 Å². The van der Waals surface area contributed by atoms with Gasteiger partial charge in [0.25, 0.3) is 0 Å². The van der Waals surface area contributed by atoms with E-state index < -0.39 is 30.7 Å². The Morgan fingerprint density at radius 1 is 1.25 bits per heavy atom. The van der Waals surface area contributed by atoms with Crippen molar-refractivity contribution in [2.24, 2.45) is 0 Å². The first-order valence-corrected chi connectivity index (χ1v) is 4.74. The van der Waals surface area contributed by atoms with Crippen molar-refractivity contribution in [3.63, 3.8) is 0 Å². The fraction of sp³-hybridized carbons (Fsp3) is 1.00. The molecule has 0 bridgehead atoms. The lowest BCUT2D eigenvalue weighted by atomic mass is 10.1. The lowest BCUT2D eigenvalue weighted by Crippen LogP contribution is -2.42. The van der Waals surface area contributed by atoms with Gasteiger partial charge in [-0.2, -0.15) is 0 Å². The lowest BCUT2D eigenvalue weighted by Gasteiger charge is -2.23. The molecule has 16 heavy (non-hydrogen) atoms. The summed E-state index contributed by atoms with van der Waals surface area (Å²) in [5.74, 6) is 0. The molecule has 1 aliphatic rings. The highest BCUT2D eigenvalue weighted by Gasteiger charge is 2.48. The largest absolute Gasteiger partial charge is 0.388 e. The van der Waals surface area contributed by atoms with Gasteiger partial charge in [0, 0.05) is 28.4 Å². The zero-order valence-corrected chi connectivity index (χ0v) is 9.20. The molecule has 6 heteroatoms. The zero-order valence-electron chi connectivity index (χ0n) is 12.2. The maximum Gasteiger partial charge on any atom is 0.186 e. The first-order chi connectivity index (χ1) is 9.19. The molecule has 1 N–H and O–H groups in total. The Morgan fingerprint density at radius 2 is 2.00 bits per heavy atom. The Kier molecular flexibility index (Phi) is 3.95. The minimum absolute atomic E-state index is 0.0872. The lowest BCUT2D eigenvalue weighted by molar-refractivity contribution is -0.171. The summed E-state index contributed by atoms with van der Waals surface area (Å²) < 4.78 is 46.8. The molecule has 0 radical (unpaired) electrons. The first-order valence-electron chi connectivity index (χ1n) is 6.86. The van der Waals surface area contributed by atoms with Gasteiger partial charge in [-0.3, -0.25) is 0 Å². The number of aliphatic hydroxyl groups is 1. The third-order valence-corrected chi connectivity index (χ3v) is 2.49. The van der Waals surface area contributed by atoms with Crippen LogP contribution in [0.1, 0.15) is 4.11 Å². The smallest absolute Gasteiger partial charge is 0.186 e. The SMILES string of the molecule is [2H]COC[C@@H](O)[C@H]1OC(OC)[C@H](OC[2H])[C@H]1OC[2H]. The molecule has 5 atom stereocenters. The van der Waals surface area contributed by atoms with Gasteiger partial charge in [0.15, 0.2) is 6.29 Å². The Bertz CT molecular complexity index is 247. The molecule has 6 nitrogen and oxygen atoms in total. The average Bonchev–Trinajstić information content (AvgIpc) is 2.75. The van der Waals surface area contributed by atoms with Gasteiger partial charge < -0.3 is 28.8 Å². The summed E-state index contributed by atoms with van der Waals surface area (Å²) in [7, 11) is 0.508. The van der Waals surface area contributed by atoms with Gasteiger partial charge in [0.05, 0.1) is 10.7 Å². The molecule has 0 aliphatic carbocycles. The highest BCUT2D eigenvalue weighted by Crippen LogP contribution is 2.28. The predicted octanol–water partition coefficient (Wildman–Crippen LogP) is -0.605. The van der Waals surface area contributed by atoms with Gasteiger partial charge in [-0.25, -0.2) is 0 Å². The summed E-state index contributed by atoms with van der Waals surface area (Å²) in [6, 6.07) is 0. The summed E-state index contributed by atoms with van der Waals surface area (Å²) in [4.78, 5) is 0. The van der Waals surface area contributed by atoms with Gasteiger partial charge in [-0.15, -0.1) is 0 Å². The van der Waals surface area contributed by atoms with Crippen molar-refractivity contribution in [1.82, 2.24) is 0 Å². The molecule has 0 aromatic rings. The van der Waals surface area contributed by atoms with Crippen molar-refractivity contribution in [3.05, 3.63) is 0 Å². The van der Waals surface area contributed by atoms with E-state index in [2.05, 4.69) is 0 Å². The van der Waals surface area contributed by atoms with E-state index in [1.165, 1.54) is 7.11 Å². The third-order valence-electron chi connectivity index (χ3n) is 2.49. The van der Waals surface area contributed by atoms with Crippen molar-refractivity contribution in [3.8, 4) is 0 Å². The highest BCUT2D eigenvalue weighted by molar-refractivity contribution is 4.92. The van der Waals surface area contributed by atoms with Gasteiger partial charge in [-0.05, 0) is 0 Å². The van der Waals surface area contributed by atoms with Crippen molar-refractivity contribution in [1.29, 1.82) is 0 Å². The quantitative estimate of drug-likeness (QED) is 0.667. The summed E-state index contributed by atoms with van der Waals surface area (Å²) in [5, 5.41) is 9.94. The fourth-order valence-electron chi connectivity index (χ4n) is 1.73. The van der Waals surface area contributed by atoms with Crippen LogP contribution in [0.5, 0.6) is 0 Å². The minimum atomic E-state index is -1.03. The van der Waals surface area contributed by atoms with Crippen molar-refractivity contribution < 1.29 is 32.9 Å². The molecule has 1 saturated heterocycles. The van der Waals surface area contributed by atoms with E-state index in [0.717, 1.165) is 0 Å². The van der Waals surface area contributed by atoms with Crippen LogP contribution in [0.4, 0.5) is 0 Å². The van der Waals surface area contributed by atoms with E-state index in [9.17, 15) is 5.11 Å². The molecule has 96 valence electrons. The van der Waals surface area contributed by atoms with E-state index in [0.29, 0.717) is 0 Å². The number of methoxy groups -OCH3 is 4. The molecule has 0 aromatic heterocycles. The molecular formula is C10H20O6. The number of rotatable bonds is 6. The van der Waals surface area contributed by atoms with Crippen LogP contribution >= 0.6 is 0 Å². The number of hydrogen-bond donors (Lipinski definition) is 1. The average molecular weight is 239 g/mol. The zero-order chi connectivity index (χ0) is 14.3. The molecule has 1 rings (SSSR count). The van der Waals surface area contributed by atoms with Gasteiger partial charge in [0.2, 0.25) is 0 Å². The van der Waals surface area contributed by atoms with Crippen LogP contribution in [0.3, 0.4) is 0 Å². The fourth-order valence-corrected chi connectivity index (χ4v) is 1.73. The van der Waals surface area contributed by atoms with Crippen molar-refractivity contribution in [2.75, 3.05) is 35.0 Å². The molecule has 1 fully saturated rings. The van der Waals surface area contributed by atoms with Crippen molar-refractivity contribution in [2.45, 2.75) is 30.7 Å². The Morgan fingerprint density at radius 3 is 2.62 bits per heavy atom. The molecule has 1 unspecified atom stereocenters. The minimum Gasteiger partial charge on any atom is -0.388 e. The predicted molar refractivity (Wildman–Crippen MR) is 55.1 cm³/mol. The van der Waals surface area contributed by atoms with Crippen LogP contribution in [0.2, 0.25) is 0 Å². The van der Waals surface area contributed by atoms with Crippen LogP contribution in [-0.4, -0.2) is 70.8 Å². The van der Waals surface area contributed by atoms with Crippen molar-refractivity contribution >= 4 is 0 Å². The molecule has 1 heterocycles. The van der Waals surface area contributed by atoms with E-state index in [1.807, 2.05) is 0 Å². The van der Waals surface area contributed by atoms with Gasteiger partial charge in [-0.1, -0.05) is 0 Å². The number of hydrogen-bond acceptors (Lipinski definition) is 6. The molecule has 0 saturated carbocycles. The topological polar surface area (TPSA) is 66.4 Å². The standard InChI is InChI=1S/C10H20O6/c1-12-5-6(11)7-8(13-2)9(14-3)10(15-4)16-7/h6-11H,5H2,1-4H3/t6-,7-,8+,9-,10?/m1/s1/i1D,2D,3D. The normalized spacial score (nSPS) is 39.0. The van der Waals surface area contributed by atoms with Crippen LogP contribution in [0, 0.1) is 0 Å². The van der Waals surface area contributed by atoms with Gasteiger partial charge in [0.1, 0.15) is 24.4 Å². The monoisotopic (exact) mass is 239 g/mol. The second-order valence-corrected chi connectivity index (χ2v) is 3.41. The van der Waals surface area contributed by atoms with E-state index >= 15 is 0 Å². The van der Waals surface area contributed by atoms with E-state index in [-0.39, 0.29) is 27.9 Å². The summed E-state index contributed by atoms with van der Waals surface area (Å²) in [6.07, 6.45) is -4.02. The number of ether oxygens (including phenoxy) is 5. The summed E-state index contributed by atoms with van der Waals surface area (Å²) in [6.45, 7) is -0.0872. The summed E-state index contributed by atoms with van der Waals surface area (Å²) in [5.41, 5.74) is 0.